The van der Waals surface area contributed by atoms with E-state index in [1.54, 1.807) is 0 Å². The van der Waals surface area contributed by atoms with Gasteiger partial charge in [-0.1, -0.05) is 11.6 Å². The zero-order valence-corrected chi connectivity index (χ0v) is 14.7. The molecule has 0 atom stereocenters. The Hall–Kier alpha value is -1.68. The summed E-state index contributed by atoms with van der Waals surface area (Å²) in [5.41, 5.74) is 0.00962. The van der Waals surface area contributed by atoms with Gasteiger partial charge in [0.05, 0.1) is 30.3 Å². The Kier molecular flexibility index (Phi) is 5.49. The van der Waals surface area contributed by atoms with Crippen LogP contribution in [0.25, 0.3) is 0 Å². The first kappa shape index (κ1) is 18.7. The van der Waals surface area contributed by atoms with E-state index in [-0.39, 0.29) is 46.7 Å². The molecule has 1 heterocycles. The van der Waals surface area contributed by atoms with E-state index < -0.39 is 16.0 Å². The molecule has 0 saturated carbocycles. The number of aromatic carboxylic acids is 1. The maximum atomic E-state index is 12.8. The topological polar surface area (TPSA) is 104 Å². The standard InChI is InChI=1S/C14H17ClN2O6S/c1-9-11(15)5-10(14(19)20)6-12(9)24(21,22)17-7-13(18)16(8-17)3-4-23-2/h5-6H,3-4,7-8H2,1-2H3,(H,19,20). The van der Waals surface area contributed by atoms with E-state index in [1.807, 2.05) is 0 Å². The Morgan fingerprint density at radius 1 is 1.42 bits per heavy atom. The second kappa shape index (κ2) is 7.06. The number of carboxylic acid groups (broad SMARTS) is 1. The van der Waals surface area contributed by atoms with Gasteiger partial charge in [0.1, 0.15) is 0 Å². The highest BCUT2D eigenvalue weighted by atomic mass is 35.5. The number of nitrogens with zero attached hydrogens (tertiary/aromatic N) is 2. The van der Waals surface area contributed by atoms with Crippen LogP contribution in [-0.2, 0) is 19.6 Å². The molecule has 0 aromatic heterocycles. The molecule has 0 radical (unpaired) electrons. The minimum Gasteiger partial charge on any atom is -0.478 e. The minimum atomic E-state index is -4.06. The van der Waals surface area contributed by atoms with Crippen LogP contribution < -0.4 is 0 Å². The van der Waals surface area contributed by atoms with Crippen molar-refractivity contribution in [3.8, 4) is 0 Å². The molecule has 0 bridgehead atoms. The molecule has 10 heteroatoms. The minimum absolute atomic E-state index is 0.0373. The summed E-state index contributed by atoms with van der Waals surface area (Å²) in [4.78, 5) is 24.2. The smallest absolute Gasteiger partial charge is 0.335 e. The second-order valence-corrected chi connectivity index (χ2v) is 7.61. The Balaban J connectivity index is 2.38. The molecule has 0 unspecified atom stereocenters. The number of amides is 1. The molecule has 1 saturated heterocycles. The van der Waals surface area contributed by atoms with Crippen molar-refractivity contribution in [3.05, 3.63) is 28.3 Å². The summed E-state index contributed by atoms with van der Waals surface area (Å²) in [5.74, 6) is -1.62. The molecule has 0 spiro atoms. The van der Waals surface area contributed by atoms with Gasteiger partial charge < -0.3 is 14.7 Å². The Morgan fingerprint density at radius 2 is 2.08 bits per heavy atom. The third-order valence-electron chi connectivity index (χ3n) is 3.72. The summed E-state index contributed by atoms with van der Waals surface area (Å²) >= 11 is 5.96. The van der Waals surface area contributed by atoms with E-state index in [9.17, 15) is 18.0 Å². The molecule has 1 amide bonds. The zero-order chi connectivity index (χ0) is 18.1. The van der Waals surface area contributed by atoms with Gasteiger partial charge >= 0.3 is 5.97 Å². The average Bonchev–Trinajstić information content (AvgIpc) is 2.89. The summed E-state index contributed by atoms with van der Waals surface area (Å²) in [5, 5.41) is 9.13. The average molecular weight is 377 g/mol. The van der Waals surface area contributed by atoms with E-state index in [1.165, 1.54) is 25.0 Å². The van der Waals surface area contributed by atoms with Crippen molar-refractivity contribution in [1.82, 2.24) is 9.21 Å². The van der Waals surface area contributed by atoms with Crippen molar-refractivity contribution in [2.45, 2.75) is 11.8 Å². The number of benzene rings is 1. The van der Waals surface area contributed by atoms with Gasteiger partial charge in [-0.2, -0.15) is 4.31 Å². The van der Waals surface area contributed by atoms with Crippen molar-refractivity contribution in [2.24, 2.45) is 0 Å². The number of hydrogen-bond acceptors (Lipinski definition) is 5. The molecule has 1 aromatic rings. The number of carbonyl (C=O) groups is 2. The third kappa shape index (κ3) is 3.54. The molecular formula is C14H17ClN2O6S. The van der Waals surface area contributed by atoms with Crippen molar-refractivity contribution >= 4 is 33.5 Å². The molecule has 132 valence electrons. The summed E-state index contributed by atoms with van der Waals surface area (Å²) in [7, 11) is -2.57. The molecule has 2 rings (SSSR count). The molecule has 8 nitrogen and oxygen atoms in total. The largest absolute Gasteiger partial charge is 0.478 e. The lowest BCUT2D eigenvalue weighted by Crippen LogP contribution is -2.33. The van der Waals surface area contributed by atoms with Gasteiger partial charge in [-0.05, 0) is 24.6 Å². The predicted molar refractivity (Wildman–Crippen MR) is 85.5 cm³/mol. The number of hydrogen-bond donors (Lipinski definition) is 1. The van der Waals surface area contributed by atoms with Crippen LogP contribution in [0.1, 0.15) is 15.9 Å². The third-order valence-corrected chi connectivity index (χ3v) is 6.02. The maximum Gasteiger partial charge on any atom is 0.335 e. The highest BCUT2D eigenvalue weighted by Gasteiger charge is 2.37. The molecule has 1 aliphatic heterocycles. The van der Waals surface area contributed by atoms with Crippen molar-refractivity contribution in [2.75, 3.05) is 33.5 Å². The van der Waals surface area contributed by atoms with Crippen molar-refractivity contribution in [1.29, 1.82) is 0 Å². The van der Waals surface area contributed by atoms with Gasteiger partial charge in [-0.15, -0.1) is 0 Å². The lowest BCUT2D eigenvalue weighted by molar-refractivity contribution is -0.127. The SMILES string of the molecule is COCCN1CN(S(=O)(=O)c2cc(C(=O)O)cc(Cl)c2C)CC1=O. The van der Waals surface area contributed by atoms with E-state index in [2.05, 4.69) is 0 Å². The number of carbonyl (C=O) groups excluding carboxylic acids is 1. The molecule has 0 aliphatic carbocycles. The first-order valence-corrected chi connectivity index (χ1v) is 8.80. The number of methoxy groups -OCH3 is 1. The highest BCUT2D eigenvalue weighted by Crippen LogP contribution is 2.29. The Labute approximate surface area is 144 Å². The molecule has 1 aliphatic rings. The van der Waals surface area contributed by atoms with Crippen LogP contribution in [0.5, 0.6) is 0 Å². The Morgan fingerprint density at radius 3 is 2.67 bits per heavy atom. The monoisotopic (exact) mass is 376 g/mol. The van der Waals surface area contributed by atoms with Gasteiger partial charge in [-0.3, -0.25) is 4.79 Å². The summed E-state index contributed by atoms with van der Waals surface area (Å²) < 4.78 is 31.5. The van der Waals surface area contributed by atoms with Crippen LogP contribution in [-0.4, -0.2) is 68.1 Å². The maximum absolute atomic E-state index is 12.8. The van der Waals surface area contributed by atoms with E-state index >= 15 is 0 Å². The first-order chi connectivity index (χ1) is 11.2. The van der Waals surface area contributed by atoms with E-state index in [0.717, 1.165) is 10.4 Å². The van der Waals surface area contributed by atoms with Crippen LogP contribution in [0.15, 0.2) is 17.0 Å². The van der Waals surface area contributed by atoms with Gasteiger partial charge in [0, 0.05) is 18.7 Å². The van der Waals surface area contributed by atoms with Crippen molar-refractivity contribution < 1.29 is 27.9 Å². The number of rotatable bonds is 6. The molecule has 1 fully saturated rings. The summed E-state index contributed by atoms with van der Waals surface area (Å²) in [6, 6.07) is 2.25. The number of ether oxygens (including phenoxy) is 1. The van der Waals surface area contributed by atoms with Crippen LogP contribution in [0.3, 0.4) is 0 Å². The predicted octanol–water partition coefficient (Wildman–Crippen LogP) is 0.783. The van der Waals surface area contributed by atoms with Gasteiger partial charge in [0.2, 0.25) is 15.9 Å². The highest BCUT2D eigenvalue weighted by molar-refractivity contribution is 7.89. The fraction of sp³-hybridized carbons (Fsp3) is 0.429. The molecule has 24 heavy (non-hydrogen) atoms. The fourth-order valence-electron chi connectivity index (χ4n) is 2.31. The lowest BCUT2D eigenvalue weighted by Gasteiger charge is -2.19. The van der Waals surface area contributed by atoms with Gasteiger partial charge in [0.15, 0.2) is 0 Å². The van der Waals surface area contributed by atoms with E-state index in [0.29, 0.717) is 6.61 Å². The number of sulfonamides is 1. The second-order valence-electron chi connectivity index (χ2n) is 5.29. The van der Waals surface area contributed by atoms with Gasteiger partial charge in [0.25, 0.3) is 0 Å². The van der Waals surface area contributed by atoms with Crippen molar-refractivity contribution in [3.63, 3.8) is 0 Å². The Bertz CT molecular complexity index is 780. The fourth-order valence-corrected chi connectivity index (χ4v) is 4.21. The summed E-state index contributed by atoms with van der Waals surface area (Å²) in [6.45, 7) is 1.63. The quantitative estimate of drug-likeness (QED) is 0.786. The molecule has 1 N–H and O–H groups in total. The van der Waals surface area contributed by atoms with Crippen LogP contribution in [0.2, 0.25) is 5.02 Å². The molecular weight excluding hydrogens is 360 g/mol. The van der Waals surface area contributed by atoms with Crippen LogP contribution in [0, 0.1) is 6.92 Å². The first-order valence-electron chi connectivity index (χ1n) is 6.98. The normalized spacial score (nSPS) is 16.0. The number of carboxylic acids is 1. The lowest BCUT2D eigenvalue weighted by atomic mass is 10.1. The zero-order valence-electron chi connectivity index (χ0n) is 13.2. The van der Waals surface area contributed by atoms with Crippen LogP contribution >= 0.6 is 11.6 Å². The molecule has 1 aromatic carbocycles. The number of halogens is 1. The summed E-state index contributed by atoms with van der Waals surface area (Å²) in [6.07, 6.45) is 0. The van der Waals surface area contributed by atoms with E-state index in [4.69, 9.17) is 21.4 Å². The van der Waals surface area contributed by atoms with Gasteiger partial charge in [-0.25, -0.2) is 13.2 Å². The van der Waals surface area contributed by atoms with Crippen LogP contribution in [0.4, 0.5) is 0 Å².